The van der Waals surface area contributed by atoms with Crippen LogP contribution in [0, 0.1) is 0 Å². The van der Waals surface area contributed by atoms with Gasteiger partial charge >= 0.3 is 0 Å². The van der Waals surface area contributed by atoms with Gasteiger partial charge in [-0.05, 0) is 31.2 Å². The van der Waals surface area contributed by atoms with Gasteiger partial charge in [0, 0.05) is 32.4 Å². The quantitative estimate of drug-likeness (QED) is 0.527. The SMILES string of the molecule is CCNC(=NCC1(N2CCOCC2)CCSC1)N(C)CCOc1ccccc1. The number of hydrogen-bond acceptors (Lipinski definition) is 5. The van der Waals surface area contributed by atoms with E-state index in [9.17, 15) is 0 Å². The Morgan fingerprint density at radius 1 is 1.32 bits per heavy atom. The monoisotopic (exact) mass is 406 g/mol. The van der Waals surface area contributed by atoms with Crippen LogP contribution in [0.15, 0.2) is 35.3 Å². The fraction of sp³-hybridized carbons (Fsp3) is 0.667. The second-order valence-corrected chi connectivity index (χ2v) is 8.48. The average molecular weight is 407 g/mol. The summed E-state index contributed by atoms with van der Waals surface area (Å²) >= 11 is 2.05. The lowest BCUT2D eigenvalue weighted by atomic mass is 9.96. The third-order valence-corrected chi connectivity index (χ3v) is 6.66. The zero-order chi connectivity index (χ0) is 19.7. The Balaban J connectivity index is 1.58. The largest absolute Gasteiger partial charge is 0.492 e. The van der Waals surface area contributed by atoms with Crippen LogP contribution in [0.1, 0.15) is 13.3 Å². The first-order valence-corrected chi connectivity index (χ1v) is 11.5. The molecular weight excluding hydrogens is 372 g/mol. The summed E-state index contributed by atoms with van der Waals surface area (Å²) in [6.07, 6.45) is 1.21. The molecule has 2 aliphatic heterocycles. The number of guanidine groups is 1. The average Bonchev–Trinajstić information content (AvgIpc) is 3.22. The van der Waals surface area contributed by atoms with Crippen LogP contribution in [-0.4, -0.2) is 92.4 Å². The number of morpholine rings is 1. The zero-order valence-corrected chi connectivity index (χ0v) is 18.0. The Morgan fingerprint density at radius 2 is 2.11 bits per heavy atom. The molecule has 1 unspecified atom stereocenters. The highest BCUT2D eigenvalue weighted by molar-refractivity contribution is 7.99. The molecule has 0 aromatic heterocycles. The molecule has 1 aromatic carbocycles. The summed E-state index contributed by atoms with van der Waals surface area (Å²) in [7, 11) is 2.08. The Morgan fingerprint density at radius 3 is 2.79 bits per heavy atom. The fourth-order valence-corrected chi connectivity index (χ4v) is 5.19. The first-order chi connectivity index (χ1) is 13.7. The first kappa shape index (κ1) is 21.3. The van der Waals surface area contributed by atoms with Crippen molar-refractivity contribution in [3.63, 3.8) is 0 Å². The fourth-order valence-electron chi connectivity index (χ4n) is 3.72. The molecule has 1 aromatic rings. The van der Waals surface area contributed by atoms with Crippen molar-refractivity contribution < 1.29 is 9.47 Å². The molecule has 2 saturated heterocycles. The third kappa shape index (κ3) is 5.78. The van der Waals surface area contributed by atoms with Crippen LogP contribution < -0.4 is 10.1 Å². The standard InChI is InChI=1S/C21H34N4O2S/c1-3-22-20(24(2)10-15-27-19-7-5-4-6-8-19)23-17-21(9-16-28-18-21)25-11-13-26-14-12-25/h4-8H,3,9-18H2,1-2H3,(H,22,23). The van der Waals surface area contributed by atoms with Crippen molar-refractivity contribution in [1.29, 1.82) is 0 Å². The Hall–Kier alpha value is -1.44. The highest BCUT2D eigenvalue weighted by atomic mass is 32.2. The summed E-state index contributed by atoms with van der Waals surface area (Å²) in [5.41, 5.74) is 0.177. The summed E-state index contributed by atoms with van der Waals surface area (Å²) in [5.74, 6) is 4.26. The van der Waals surface area contributed by atoms with Gasteiger partial charge in [-0.2, -0.15) is 11.8 Å². The summed E-state index contributed by atoms with van der Waals surface area (Å²) in [6, 6.07) is 9.97. The van der Waals surface area contributed by atoms with E-state index in [1.807, 2.05) is 30.3 Å². The molecule has 0 aliphatic carbocycles. The van der Waals surface area contributed by atoms with E-state index in [4.69, 9.17) is 14.5 Å². The number of hydrogen-bond donors (Lipinski definition) is 1. The van der Waals surface area contributed by atoms with Crippen LogP contribution in [-0.2, 0) is 4.74 Å². The number of nitrogens with one attached hydrogen (secondary N) is 1. The minimum Gasteiger partial charge on any atom is -0.492 e. The number of rotatable bonds is 8. The van der Waals surface area contributed by atoms with E-state index >= 15 is 0 Å². The predicted octanol–water partition coefficient (Wildman–Crippen LogP) is 2.17. The lowest BCUT2D eigenvalue weighted by molar-refractivity contribution is -0.0105. The van der Waals surface area contributed by atoms with Crippen molar-refractivity contribution in [1.82, 2.24) is 15.1 Å². The number of para-hydroxylation sites is 1. The van der Waals surface area contributed by atoms with E-state index in [0.717, 1.165) is 63.4 Å². The van der Waals surface area contributed by atoms with Gasteiger partial charge in [0.15, 0.2) is 5.96 Å². The van der Waals surface area contributed by atoms with Crippen LogP contribution in [0.3, 0.4) is 0 Å². The van der Waals surface area contributed by atoms with Gasteiger partial charge in [0.2, 0.25) is 0 Å². The van der Waals surface area contributed by atoms with Gasteiger partial charge in [0.1, 0.15) is 12.4 Å². The molecule has 1 atom stereocenters. The molecule has 6 nitrogen and oxygen atoms in total. The van der Waals surface area contributed by atoms with Crippen LogP contribution in [0.4, 0.5) is 0 Å². The smallest absolute Gasteiger partial charge is 0.193 e. The van der Waals surface area contributed by atoms with E-state index in [-0.39, 0.29) is 5.54 Å². The number of benzene rings is 1. The maximum Gasteiger partial charge on any atom is 0.193 e. The predicted molar refractivity (Wildman–Crippen MR) is 118 cm³/mol. The molecule has 3 rings (SSSR count). The molecule has 0 spiro atoms. The van der Waals surface area contributed by atoms with Gasteiger partial charge in [-0.3, -0.25) is 9.89 Å². The van der Waals surface area contributed by atoms with Gasteiger partial charge < -0.3 is 19.7 Å². The van der Waals surface area contributed by atoms with Crippen LogP contribution >= 0.6 is 11.8 Å². The second kappa shape index (κ2) is 10.9. The summed E-state index contributed by atoms with van der Waals surface area (Å²) in [6.45, 7) is 8.97. The topological polar surface area (TPSA) is 49.3 Å². The van der Waals surface area contributed by atoms with Gasteiger partial charge in [-0.25, -0.2) is 0 Å². The summed E-state index contributed by atoms with van der Waals surface area (Å²) in [4.78, 5) is 9.83. The van der Waals surface area contributed by atoms with Crippen molar-refractivity contribution in [2.45, 2.75) is 18.9 Å². The molecular formula is C21H34N4O2S. The summed E-state index contributed by atoms with van der Waals surface area (Å²) in [5, 5.41) is 3.45. The summed E-state index contributed by atoms with van der Waals surface area (Å²) < 4.78 is 11.4. The molecule has 1 N–H and O–H groups in total. The molecule has 28 heavy (non-hydrogen) atoms. The van der Waals surface area contributed by atoms with Gasteiger partial charge in [-0.1, -0.05) is 18.2 Å². The normalized spacial score (nSPS) is 23.6. The number of likely N-dealkylation sites (N-methyl/N-ethyl adjacent to an activating group) is 1. The molecule has 0 bridgehead atoms. The maximum absolute atomic E-state index is 5.85. The molecule has 2 fully saturated rings. The van der Waals surface area contributed by atoms with Gasteiger partial charge in [0.05, 0.1) is 31.8 Å². The Bertz CT molecular complexity index is 602. The van der Waals surface area contributed by atoms with Crippen LogP contribution in [0.25, 0.3) is 0 Å². The Kier molecular flexibility index (Phi) is 8.30. The molecule has 0 saturated carbocycles. The number of thioether (sulfide) groups is 1. The van der Waals surface area contributed by atoms with E-state index in [1.165, 1.54) is 12.2 Å². The highest BCUT2D eigenvalue weighted by Crippen LogP contribution is 2.34. The van der Waals surface area contributed by atoms with E-state index in [2.05, 4.69) is 40.8 Å². The minimum atomic E-state index is 0.177. The van der Waals surface area contributed by atoms with Gasteiger partial charge in [0.25, 0.3) is 0 Å². The van der Waals surface area contributed by atoms with Crippen molar-refractivity contribution in [2.75, 3.05) is 71.1 Å². The van der Waals surface area contributed by atoms with Crippen LogP contribution in [0.2, 0.25) is 0 Å². The lowest BCUT2D eigenvalue weighted by Crippen LogP contribution is -2.56. The first-order valence-electron chi connectivity index (χ1n) is 10.3. The minimum absolute atomic E-state index is 0.177. The van der Waals surface area contributed by atoms with E-state index < -0.39 is 0 Å². The number of ether oxygens (including phenoxy) is 2. The molecule has 0 radical (unpaired) electrons. The van der Waals surface area contributed by atoms with Crippen LogP contribution in [0.5, 0.6) is 5.75 Å². The second-order valence-electron chi connectivity index (χ2n) is 7.38. The molecule has 0 amide bonds. The van der Waals surface area contributed by atoms with Gasteiger partial charge in [-0.15, -0.1) is 0 Å². The molecule has 7 heteroatoms. The third-order valence-electron chi connectivity index (χ3n) is 5.42. The van der Waals surface area contributed by atoms with E-state index in [0.29, 0.717) is 6.61 Å². The van der Waals surface area contributed by atoms with Crippen molar-refractivity contribution in [3.8, 4) is 5.75 Å². The zero-order valence-electron chi connectivity index (χ0n) is 17.2. The number of aliphatic imine (C=N–C) groups is 1. The van der Waals surface area contributed by atoms with Crippen molar-refractivity contribution in [2.24, 2.45) is 4.99 Å². The molecule has 2 aliphatic rings. The highest BCUT2D eigenvalue weighted by Gasteiger charge is 2.40. The van der Waals surface area contributed by atoms with Crippen molar-refractivity contribution >= 4 is 17.7 Å². The number of nitrogens with zero attached hydrogens (tertiary/aromatic N) is 3. The van der Waals surface area contributed by atoms with E-state index in [1.54, 1.807) is 0 Å². The maximum atomic E-state index is 5.85. The lowest BCUT2D eigenvalue weighted by Gasteiger charge is -2.42. The molecule has 156 valence electrons. The van der Waals surface area contributed by atoms with Crippen molar-refractivity contribution in [3.05, 3.63) is 30.3 Å². The Labute approximate surface area is 173 Å². The molecule has 2 heterocycles.